The van der Waals surface area contributed by atoms with Gasteiger partial charge < -0.3 is 0 Å². The van der Waals surface area contributed by atoms with Gasteiger partial charge in [-0.25, -0.2) is 0 Å². The summed E-state index contributed by atoms with van der Waals surface area (Å²) >= 11 is 0. The standard InChI is InChI=1S/C23H32/c1-5-8-10-14-23(13-9-6-2)22(7-3)15-11-12-21-18-16-20(4)17-19-21/h5-7,9,11,14-16,18-20H,1,8,10,12-13,17H2,2-4H3. The molecule has 0 radical (unpaired) electrons. The first-order valence-electron chi connectivity index (χ1n) is 8.82. The van der Waals surface area contributed by atoms with Gasteiger partial charge >= 0.3 is 0 Å². The highest BCUT2D eigenvalue weighted by Crippen LogP contribution is 2.21. The normalized spacial score (nSPS) is 19.6. The maximum absolute atomic E-state index is 3.81. The maximum atomic E-state index is 3.81. The van der Waals surface area contributed by atoms with Crippen molar-refractivity contribution in [2.45, 2.75) is 52.9 Å². The molecule has 0 saturated carbocycles. The van der Waals surface area contributed by atoms with Crippen molar-refractivity contribution in [3.05, 3.63) is 84.1 Å². The van der Waals surface area contributed by atoms with Gasteiger partial charge in [0, 0.05) is 0 Å². The van der Waals surface area contributed by atoms with Crippen molar-refractivity contribution in [2.24, 2.45) is 5.92 Å². The van der Waals surface area contributed by atoms with E-state index in [1.54, 1.807) is 0 Å². The predicted molar refractivity (Wildman–Crippen MR) is 105 cm³/mol. The first-order valence-corrected chi connectivity index (χ1v) is 8.82. The molecule has 0 aromatic rings. The molecule has 0 aromatic heterocycles. The van der Waals surface area contributed by atoms with Crippen LogP contribution < -0.4 is 0 Å². The molecule has 1 unspecified atom stereocenters. The van der Waals surface area contributed by atoms with Gasteiger partial charge in [-0.15, -0.1) is 6.58 Å². The lowest BCUT2D eigenvalue weighted by Crippen LogP contribution is -1.93. The topological polar surface area (TPSA) is 0 Å². The van der Waals surface area contributed by atoms with Crippen LogP contribution in [0.3, 0.4) is 0 Å². The molecule has 0 N–H and O–H groups in total. The molecule has 23 heavy (non-hydrogen) atoms. The Morgan fingerprint density at radius 1 is 1.26 bits per heavy atom. The van der Waals surface area contributed by atoms with E-state index >= 15 is 0 Å². The van der Waals surface area contributed by atoms with E-state index in [1.807, 2.05) is 6.08 Å². The largest absolute Gasteiger partial charge is 0.103 e. The highest BCUT2D eigenvalue weighted by molar-refractivity contribution is 5.41. The second-order valence-corrected chi connectivity index (χ2v) is 6.07. The first kappa shape index (κ1) is 19.2. The SMILES string of the molecule is C=CCCC=C(CC=CC)C(C=CCC1=CCC(C)C=C1)=CC. The lowest BCUT2D eigenvalue weighted by molar-refractivity contribution is 0.728. The maximum Gasteiger partial charge on any atom is -0.00949 e. The van der Waals surface area contributed by atoms with Crippen molar-refractivity contribution in [3.63, 3.8) is 0 Å². The molecule has 0 aromatic carbocycles. The molecule has 1 aliphatic rings. The van der Waals surface area contributed by atoms with Gasteiger partial charge in [0.15, 0.2) is 0 Å². The van der Waals surface area contributed by atoms with Gasteiger partial charge in [-0.3, -0.25) is 0 Å². The van der Waals surface area contributed by atoms with Crippen molar-refractivity contribution < 1.29 is 0 Å². The van der Waals surface area contributed by atoms with E-state index in [1.165, 1.54) is 23.1 Å². The molecule has 1 rings (SSSR count). The highest BCUT2D eigenvalue weighted by atomic mass is 14.1. The van der Waals surface area contributed by atoms with Crippen molar-refractivity contribution in [1.29, 1.82) is 0 Å². The van der Waals surface area contributed by atoms with E-state index in [0.29, 0.717) is 5.92 Å². The quantitative estimate of drug-likeness (QED) is 0.239. The molecule has 1 atom stereocenters. The molecule has 0 heteroatoms. The van der Waals surface area contributed by atoms with Crippen LogP contribution in [0.25, 0.3) is 0 Å². The lowest BCUT2D eigenvalue weighted by Gasteiger charge is -2.10. The van der Waals surface area contributed by atoms with Crippen molar-refractivity contribution in [1.82, 2.24) is 0 Å². The van der Waals surface area contributed by atoms with Gasteiger partial charge in [-0.1, -0.05) is 67.7 Å². The number of hydrogen-bond donors (Lipinski definition) is 0. The van der Waals surface area contributed by atoms with Crippen LogP contribution in [-0.4, -0.2) is 0 Å². The van der Waals surface area contributed by atoms with Crippen LogP contribution in [0.2, 0.25) is 0 Å². The Labute approximate surface area is 143 Å². The predicted octanol–water partition coefficient (Wildman–Crippen LogP) is 7.26. The van der Waals surface area contributed by atoms with Crippen LogP contribution in [0.5, 0.6) is 0 Å². The average Bonchev–Trinajstić information content (AvgIpc) is 2.57. The lowest BCUT2D eigenvalue weighted by atomic mass is 9.95. The van der Waals surface area contributed by atoms with E-state index in [2.05, 4.69) is 82.0 Å². The fraction of sp³-hybridized carbons (Fsp3) is 0.391. The molecule has 0 amide bonds. The molecule has 0 heterocycles. The minimum absolute atomic E-state index is 0.689. The monoisotopic (exact) mass is 308 g/mol. The fourth-order valence-corrected chi connectivity index (χ4v) is 2.57. The Hall–Kier alpha value is -1.82. The second-order valence-electron chi connectivity index (χ2n) is 6.07. The third kappa shape index (κ3) is 7.83. The summed E-state index contributed by atoms with van der Waals surface area (Å²) in [7, 11) is 0. The molecule has 124 valence electrons. The molecule has 0 aliphatic heterocycles. The fourth-order valence-electron chi connectivity index (χ4n) is 2.57. The van der Waals surface area contributed by atoms with E-state index in [-0.39, 0.29) is 0 Å². The Kier molecular flexibility index (Phi) is 9.79. The Morgan fingerprint density at radius 2 is 2.09 bits per heavy atom. The van der Waals surface area contributed by atoms with E-state index in [9.17, 15) is 0 Å². The summed E-state index contributed by atoms with van der Waals surface area (Å²) in [6.07, 6.45) is 27.7. The highest BCUT2D eigenvalue weighted by Gasteiger charge is 2.03. The average molecular weight is 309 g/mol. The third-order valence-electron chi connectivity index (χ3n) is 4.06. The van der Waals surface area contributed by atoms with E-state index in [0.717, 1.165) is 25.7 Å². The first-order chi connectivity index (χ1) is 11.2. The zero-order chi connectivity index (χ0) is 16.9. The Bertz CT molecular complexity index is 532. The zero-order valence-corrected chi connectivity index (χ0v) is 15.1. The van der Waals surface area contributed by atoms with Gasteiger partial charge in [0.05, 0.1) is 0 Å². The van der Waals surface area contributed by atoms with Gasteiger partial charge in [-0.2, -0.15) is 0 Å². The van der Waals surface area contributed by atoms with Crippen molar-refractivity contribution in [3.8, 4) is 0 Å². The summed E-state index contributed by atoms with van der Waals surface area (Å²) < 4.78 is 0. The summed E-state index contributed by atoms with van der Waals surface area (Å²) in [5, 5.41) is 0. The van der Waals surface area contributed by atoms with Crippen molar-refractivity contribution in [2.75, 3.05) is 0 Å². The van der Waals surface area contributed by atoms with Crippen LogP contribution in [-0.2, 0) is 0 Å². The molecular formula is C23H32. The summed E-state index contributed by atoms with van der Waals surface area (Å²) in [5.41, 5.74) is 4.17. The number of unbranched alkanes of at least 4 members (excludes halogenated alkanes) is 1. The molecule has 0 bridgehead atoms. The molecule has 0 nitrogen and oxygen atoms in total. The number of hydrogen-bond acceptors (Lipinski definition) is 0. The summed E-state index contributed by atoms with van der Waals surface area (Å²) in [6.45, 7) is 10.3. The third-order valence-corrected chi connectivity index (χ3v) is 4.06. The molecule has 0 saturated heterocycles. The summed E-state index contributed by atoms with van der Waals surface area (Å²) in [5.74, 6) is 0.689. The van der Waals surface area contributed by atoms with Crippen LogP contribution in [0, 0.1) is 5.92 Å². The molecular weight excluding hydrogens is 276 g/mol. The Balaban J connectivity index is 2.70. The zero-order valence-electron chi connectivity index (χ0n) is 15.1. The summed E-state index contributed by atoms with van der Waals surface area (Å²) in [4.78, 5) is 0. The van der Waals surface area contributed by atoms with Crippen LogP contribution in [0.1, 0.15) is 52.9 Å². The smallest absolute Gasteiger partial charge is 0.00949 e. The number of rotatable bonds is 9. The van der Waals surface area contributed by atoms with Crippen LogP contribution in [0.15, 0.2) is 84.1 Å². The van der Waals surface area contributed by atoms with Crippen LogP contribution >= 0.6 is 0 Å². The summed E-state index contributed by atoms with van der Waals surface area (Å²) in [6, 6.07) is 0. The van der Waals surface area contributed by atoms with Gasteiger partial charge in [0.2, 0.25) is 0 Å². The number of allylic oxidation sites excluding steroid dienone is 13. The minimum atomic E-state index is 0.689. The van der Waals surface area contributed by atoms with Gasteiger partial charge in [0.25, 0.3) is 0 Å². The van der Waals surface area contributed by atoms with E-state index in [4.69, 9.17) is 0 Å². The van der Waals surface area contributed by atoms with E-state index < -0.39 is 0 Å². The van der Waals surface area contributed by atoms with Gasteiger partial charge in [-0.05, 0) is 68.6 Å². The van der Waals surface area contributed by atoms with Crippen LogP contribution in [0.4, 0.5) is 0 Å². The molecule has 0 spiro atoms. The molecule has 0 fully saturated rings. The Morgan fingerprint density at radius 3 is 2.70 bits per heavy atom. The minimum Gasteiger partial charge on any atom is -0.103 e. The second kappa shape index (κ2) is 11.7. The van der Waals surface area contributed by atoms with Crippen molar-refractivity contribution >= 4 is 0 Å². The van der Waals surface area contributed by atoms with Gasteiger partial charge in [0.1, 0.15) is 0 Å². The molecule has 1 aliphatic carbocycles.